The molecule has 0 radical (unpaired) electrons. The summed E-state index contributed by atoms with van der Waals surface area (Å²) in [4.78, 5) is 3.65. The van der Waals surface area contributed by atoms with Crippen LogP contribution in [0.4, 0.5) is 0 Å². The number of nitrogens with zero attached hydrogens (tertiary/aromatic N) is 2. The van der Waals surface area contributed by atoms with Gasteiger partial charge in [-0.3, -0.25) is 0 Å². The smallest absolute Gasteiger partial charge is 0.158 e. The molecule has 9 aromatic rings. The molecule has 158 valence electrons. The lowest BCUT2D eigenvalue weighted by Gasteiger charge is -2.07. The van der Waals surface area contributed by atoms with E-state index in [2.05, 4.69) is 105 Å². The number of furan rings is 1. The summed E-state index contributed by atoms with van der Waals surface area (Å²) in [7, 11) is 0. The van der Waals surface area contributed by atoms with Gasteiger partial charge in [-0.15, -0.1) is 0 Å². The lowest BCUT2D eigenvalue weighted by molar-refractivity contribution is 0.619. The standard InChI is InChI=1S/C30H17N3O/c1-2-7-17(8-3-1)32-23-12-5-4-9-18(23)28-29(32)20-13-14-22-26-25-19(10-6-11-21(25)31-22)30-24(15-16-34-30)33(28)27(20)26/h1-16,31H. The zero-order chi connectivity index (χ0) is 22.0. The van der Waals surface area contributed by atoms with Crippen LogP contribution in [0.5, 0.6) is 0 Å². The number of aromatic nitrogens is 3. The normalized spacial score (nSPS) is 12.7. The van der Waals surface area contributed by atoms with Gasteiger partial charge in [-0.25, -0.2) is 0 Å². The Balaban J connectivity index is 1.73. The first kappa shape index (κ1) is 16.9. The third-order valence-corrected chi connectivity index (χ3v) is 7.46. The summed E-state index contributed by atoms with van der Waals surface area (Å²) < 4.78 is 11.0. The van der Waals surface area contributed by atoms with E-state index in [1.54, 1.807) is 0 Å². The van der Waals surface area contributed by atoms with Crippen LogP contribution in [0.3, 0.4) is 0 Å². The maximum Gasteiger partial charge on any atom is 0.158 e. The third-order valence-electron chi connectivity index (χ3n) is 7.46. The van der Waals surface area contributed by atoms with Crippen LogP contribution in [0.2, 0.25) is 0 Å². The molecule has 1 N–H and O–H groups in total. The van der Waals surface area contributed by atoms with E-state index >= 15 is 0 Å². The molecular formula is C30H17N3O. The van der Waals surface area contributed by atoms with E-state index in [-0.39, 0.29) is 0 Å². The van der Waals surface area contributed by atoms with Crippen LogP contribution in [0.15, 0.2) is 102 Å². The Morgan fingerprint density at radius 1 is 0.559 bits per heavy atom. The van der Waals surface area contributed by atoms with Gasteiger partial charge in [0.05, 0.1) is 33.8 Å². The molecule has 0 aliphatic heterocycles. The predicted molar refractivity (Wildman–Crippen MR) is 140 cm³/mol. The highest BCUT2D eigenvalue weighted by Crippen LogP contribution is 2.46. The Labute approximate surface area is 192 Å². The van der Waals surface area contributed by atoms with Crippen molar-refractivity contribution in [3.05, 3.63) is 97.3 Å². The summed E-state index contributed by atoms with van der Waals surface area (Å²) in [6, 6.07) is 32.4. The number of nitrogens with one attached hydrogen (secondary N) is 1. The second-order valence-corrected chi connectivity index (χ2v) is 9.09. The van der Waals surface area contributed by atoms with E-state index in [0.717, 1.165) is 33.2 Å². The van der Waals surface area contributed by atoms with E-state index in [9.17, 15) is 0 Å². The molecule has 34 heavy (non-hydrogen) atoms. The van der Waals surface area contributed by atoms with Crippen molar-refractivity contribution >= 4 is 71.1 Å². The van der Waals surface area contributed by atoms with Gasteiger partial charge in [-0.2, -0.15) is 0 Å². The van der Waals surface area contributed by atoms with Gasteiger partial charge in [0, 0.05) is 49.7 Å². The average Bonchev–Trinajstić information content (AvgIpc) is 3.62. The second-order valence-electron chi connectivity index (χ2n) is 9.09. The molecule has 4 heteroatoms. The lowest BCUT2D eigenvalue weighted by atomic mass is 10.1. The summed E-state index contributed by atoms with van der Waals surface area (Å²) in [5, 5.41) is 6.10. The molecule has 9 rings (SSSR count). The van der Waals surface area contributed by atoms with Gasteiger partial charge in [-0.1, -0.05) is 48.5 Å². The third kappa shape index (κ3) is 1.77. The minimum Gasteiger partial charge on any atom is -0.462 e. The highest BCUT2D eigenvalue weighted by atomic mass is 16.3. The molecule has 4 aromatic carbocycles. The van der Waals surface area contributed by atoms with Crippen LogP contribution >= 0.6 is 0 Å². The van der Waals surface area contributed by atoms with Crippen LogP contribution in [0.25, 0.3) is 76.8 Å². The molecule has 0 saturated heterocycles. The first-order valence-electron chi connectivity index (χ1n) is 11.5. The highest BCUT2D eigenvalue weighted by molar-refractivity contribution is 6.33. The summed E-state index contributed by atoms with van der Waals surface area (Å²) in [5.74, 6) is 0. The van der Waals surface area contributed by atoms with E-state index in [1.165, 1.54) is 43.6 Å². The Hall–Kier alpha value is -4.70. The van der Waals surface area contributed by atoms with E-state index < -0.39 is 0 Å². The Bertz CT molecular complexity index is 2220. The minimum absolute atomic E-state index is 0.915. The molecule has 0 saturated carbocycles. The quantitative estimate of drug-likeness (QED) is 0.279. The summed E-state index contributed by atoms with van der Waals surface area (Å²) in [5.41, 5.74) is 10.3. The second kappa shape index (κ2) is 5.61. The fourth-order valence-electron chi connectivity index (χ4n) is 6.21. The maximum absolute atomic E-state index is 6.17. The number of aromatic amines is 1. The van der Waals surface area contributed by atoms with Gasteiger partial charge in [-0.05, 0) is 36.4 Å². The van der Waals surface area contributed by atoms with Crippen molar-refractivity contribution in [2.75, 3.05) is 0 Å². The molecule has 0 atom stereocenters. The summed E-state index contributed by atoms with van der Waals surface area (Å²) in [6.07, 6.45) is 1.81. The van der Waals surface area contributed by atoms with Crippen LogP contribution in [0, 0.1) is 0 Å². The molecule has 4 nitrogen and oxygen atoms in total. The maximum atomic E-state index is 6.17. The molecule has 0 aliphatic rings. The molecular weight excluding hydrogens is 418 g/mol. The number of hydrogen-bond donors (Lipinski definition) is 1. The highest BCUT2D eigenvalue weighted by Gasteiger charge is 2.25. The predicted octanol–water partition coefficient (Wildman–Crippen LogP) is 8.01. The van der Waals surface area contributed by atoms with Gasteiger partial charge >= 0.3 is 0 Å². The monoisotopic (exact) mass is 435 g/mol. The molecule has 0 aliphatic carbocycles. The number of benzene rings is 4. The van der Waals surface area contributed by atoms with Crippen molar-refractivity contribution in [1.82, 2.24) is 14.0 Å². The summed E-state index contributed by atoms with van der Waals surface area (Å²) >= 11 is 0. The van der Waals surface area contributed by atoms with Crippen LogP contribution in [-0.4, -0.2) is 14.0 Å². The van der Waals surface area contributed by atoms with Gasteiger partial charge < -0.3 is 18.4 Å². The largest absolute Gasteiger partial charge is 0.462 e. The topological polar surface area (TPSA) is 38.3 Å². The van der Waals surface area contributed by atoms with Crippen molar-refractivity contribution < 1.29 is 4.42 Å². The first-order chi connectivity index (χ1) is 16.9. The minimum atomic E-state index is 0.915. The lowest BCUT2D eigenvalue weighted by Crippen LogP contribution is -1.92. The van der Waals surface area contributed by atoms with Gasteiger partial charge in [0.2, 0.25) is 0 Å². The van der Waals surface area contributed by atoms with Crippen LogP contribution in [-0.2, 0) is 0 Å². The van der Waals surface area contributed by atoms with Gasteiger partial charge in [0.15, 0.2) is 5.58 Å². The molecule has 0 spiro atoms. The number of hydrogen-bond acceptors (Lipinski definition) is 1. The van der Waals surface area contributed by atoms with E-state index in [4.69, 9.17) is 4.42 Å². The number of rotatable bonds is 1. The first-order valence-corrected chi connectivity index (χ1v) is 11.5. The van der Waals surface area contributed by atoms with Gasteiger partial charge in [0.1, 0.15) is 0 Å². The fourth-order valence-corrected chi connectivity index (χ4v) is 6.21. The Morgan fingerprint density at radius 2 is 1.38 bits per heavy atom. The van der Waals surface area contributed by atoms with Crippen molar-refractivity contribution in [3.8, 4) is 5.69 Å². The van der Waals surface area contributed by atoms with Crippen molar-refractivity contribution in [2.24, 2.45) is 0 Å². The number of H-pyrrole nitrogens is 1. The summed E-state index contributed by atoms with van der Waals surface area (Å²) in [6.45, 7) is 0. The molecule has 5 heterocycles. The molecule has 0 bridgehead atoms. The van der Waals surface area contributed by atoms with Crippen LogP contribution < -0.4 is 0 Å². The Kier molecular flexibility index (Phi) is 2.78. The number of para-hydroxylation sites is 2. The zero-order valence-corrected chi connectivity index (χ0v) is 18.0. The van der Waals surface area contributed by atoms with Crippen LogP contribution in [0.1, 0.15) is 0 Å². The van der Waals surface area contributed by atoms with Crippen molar-refractivity contribution in [1.29, 1.82) is 0 Å². The molecule has 5 aromatic heterocycles. The fraction of sp³-hybridized carbons (Fsp3) is 0. The SMILES string of the molecule is c1ccc(-n2c3ccccc3c3c2c2ccc4[nH]c5cccc6c7occc7n3c2c4c56)cc1. The van der Waals surface area contributed by atoms with Gasteiger partial charge in [0.25, 0.3) is 0 Å². The average molecular weight is 435 g/mol. The van der Waals surface area contributed by atoms with Crippen molar-refractivity contribution in [2.45, 2.75) is 0 Å². The zero-order valence-electron chi connectivity index (χ0n) is 18.0. The number of fused-ring (bicyclic) bond motifs is 8. The molecule has 0 unspecified atom stereocenters. The van der Waals surface area contributed by atoms with E-state index in [0.29, 0.717) is 0 Å². The molecule has 0 fully saturated rings. The van der Waals surface area contributed by atoms with E-state index in [1.807, 2.05) is 6.26 Å². The molecule has 0 amide bonds. The van der Waals surface area contributed by atoms with Crippen molar-refractivity contribution in [3.63, 3.8) is 0 Å². The Morgan fingerprint density at radius 3 is 2.32 bits per heavy atom.